The molecule has 0 atom stereocenters. The summed E-state index contributed by atoms with van der Waals surface area (Å²) >= 11 is 0. The van der Waals surface area contributed by atoms with Gasteiger partial charge in [0.15, 0.2) is 0 Å². The minimum absolute atomic E-state index is 1.10. The average Bonchev–Trinajstić information content (AvgIpc) is 4.04. The normalized spacial score (nSPS) is 11.5. The van der Waals surface area contributed by atoms with Crippen molar-refractivity contribution in [3.63, 3.8) is 0 Å². The highest BCUT2D eigenvalue weighted by atomic mass is 15.0. The van der Waals surface area contributed by atoms with Gasteiger partial charge in [0.05, 0.1) is 22.1 Å². The third kappa shape index (κ3) is 7.48. The Hall–Kier alpha value is -9.90. The Labute approximate surface area is 429 Å². The van der Waals surface area contributed by atoms with Crippen LogP contribution < -0.4 is 0 Å². The van der Waals surface area contributed by atoms with E-state index in [4.69, 9.17) is 0 Å². The van der Waals surface area contributed by atoms with E-state index in [1.165, 1.54) is 43.7 Å². The number of pyridine rings is 2. The van der Waals surface area contributed by atoms with Crippen LogP contribution in [0.25, 0.3) is 133 Å². The van der Waals surface area contributed by atoms with Crippen LogP contribution in [0.5, 0.6) is 0 Å². The molecule has 4 aromatic heterocycles. The number of fused-ring (bicyclic) bond motifs is 7. The van der Waals surface area contributed by atoms with Gasteiger partial charge in [-0.1, -0.05) is 158 Å². The molecule has 10 aromatic carbocycles. The van der Waals surface area contributed by atoms with E-state index in [2.05, 4.69) is 262 Å². The maximum Gasteiger partial charge on any atom is 0.0795 e. The van der Waals surface area contributed by atoms with Gasteiger partial charge in [-0.15, -0.1) is 0 Å². The van der Waals surface area contributed by atoms with Gasteiger partial charge in [0.2, 0.25) is 0 Å². The highest BCUT2D eigenvalue weighted by Crippen LogP contribution is 2.48. The third-order valence-electron chi connectivity index (χ3n) is 14.6. The molecule has 0 aliphatic heterocycles. The first-order valence-corrected chi connectivity index (χ1v) is 25.2. The number of nitrogens with zero attached hydrogens (tertiary/aromatic N) is 4. The Morgan fingerprint density at radius 2 is 0.608 bits per heavy atom. The summed E-state index contributed by atoms with van der Waals surface area (Å²) in [5.41, 5.74) is 22.9. The Morgan fingerprint density at radius 3 is 1.08 bits per heavy atom. The molecule has 346 valence electrons. The van der Waals surface area contributed by atoms with Gasteiger partial charge in [-0.05, 0) is 164 Å². The molecule has 0 aliphatic rings. The molecule has 4 heterocycles. The second-order valence-electron chi connectivity index (χ2n) is 19.0. The van der Waals surface area contributed by atoms with Crippen LogP contribution in [0.3, 0.4) is 0 Å². The first-order valence-electron chi connectivity index (χ1n) is 25.2. The Bertz CT molecular complexity index is 4260. The number of benzene rings is 10. The van der Waals surface area contributed by atoms with Crippen molar-refractivity contribution in [2.75, 3.05) is 0 Å². The Balaban J connectivity index is 1.05. The summed E-state index contributed by atoms with van der Waals surface area (Å²) < 4.78 is 4.96. The third-order valence-corrected chi connectivity index (χ3v) is 14.6. The first kappa shape index (κ1) is 42.9. The SMILES string of the molecule is c1ccc(-n2c3ccccc3c3cc(-c4cc(-c5cccc(-c6cccc(-c7cccnc7)c6)c5)cc(-c5cccc(-c6cccc(-c7cccnc7)c6)c5)c4)c4c5ccccc5n(-c5ccccc5)c4c32)cc1. The molecule has 4 heteroatoms. The predicted molar refractivity (Wildman–Crippen MR) is 309 cm³/mol. The molecule has 0 amide bonds. The van der Waals surface area contributed by atoms with E-state index >= 15 is 0 Å². The second-order valence-corrected chi connectivity index (χ2v) is 19.0. The Kier molecular flexibility index (Phi) is 10.5. The van der Waals surface area contributed by atoms with E-state index in [-0.39, 0.29) is 0 Å². The van der Waals surface area contributed by atoms with Gasteiger partial charge in [0, 0.05) is 68.8 Å². The van der Waals surface area contributed by atoms with Crippen LogP contribution in [0.2, 0.25) is 0 Å². The van der Waals surface area contributed by atoms with E-state index in [0.717, 1.165) is 89.2 Å². The van der Waals surface area contributed by atoms with Crippen molar-refractivity contribution in [2.24, 2.45) is 0 Å². The highest BCUT2D eigenvalue weighted by molar-refractivity contribution is 6.28. The zero-order chi connectivity index (χ0) is 49.0. The van der Waals surface area contributed by atoms with Crippen molar-refractivity contribution in [3.8, 4) is 89.3 Å². The summed E-state index contributed by atoms with van der Waals surface area (Å²) in [6.07, 6.45) is 7.51. The molecule has 0 saturated carbocycles. The maximum absolute atomic E-state index is 4.42. The zero-order valence-corrected chi connectivity index (χ0v) is 40.3. The van der Waals surface area contributed by atoms with Crippen LogP contribution >= 0.6 is 0 Å². The fourth-order valence-corrected chi connectivity index (χ4v) is 11.2. The summed E-state index contributed by atoms with van der Waals surface area (Å²) in [7, 11) is 0. The van der Waals surface area contributed by atoms with Crippen LogP contribution in [0.15, 0.2) is 280 Å². The van der Waals surface area contributed by atoms with E-state index < -0.39 is 0 Å². The van der Waals surface area contributed by atoms with Crippen LogP contribution in [-0.4, -0.2) is 19.1 Å². The van der Waals surface area contributed by atoms with Gasteiger partial charge >= 0.3 is 0 Å². The molecule has 0 radical (unpaired) electrons. The minimum Gasteiger partial charge on any atom is -0.307 e. The standard InChI is InChI=1S/C70H46N4/c1-3-27-60(28-4-1)73-66-33-9-7-31-62(66)65-44-64(68-63-32-8-10-34-67(63)74(70(68)69(65)73)61-29-5-2-6-30-61)59-42-57(53-23-13-19-49(39-53)47-17-11-21-51(37-47)55-25-15-35-71-45-55)41-58(43-59)54-24-14-20-50(40-54)48-18-12-22-52(38-48)56-26-16-36-72-46-56/h1-46H. The van der Waals surface area contributed by atoms with Crippen LogP contribution in [0.1, 0.15) is 0 Å². The monoisotopic (exact) mass is 942 g/mol. The molecule has 0 N–H and O–H groups in total. The summed E-state index contributed by atoms with van der Waals surface area (Å²) in [5.74, 6) is 0. The van der Waals surface area contributed by atoms with Crippen molar-refractivity contribution in [2.45, 2.75) is 0 Å². The Morgan fingerprint density at radius 1 is 0.243 bits per heavy atom. The van der Waals surface area contributed by atoms with Crippen LogP contribution in [0.4, 0.5) is 0 Å². The lowest BCUT2D eigenvalue weighted by Gasteiger charge is -2.16. The lowest BCUT2D eigenvalue weighted by molar-refractivity contribution is 1.15. The molecular weight excluding hydrogens is 897 g/mol. The van der Waals surface area contributed by atoms with Gasteiger partial charge < -0.3 is 9.13 Å². The average molecular weight is 943 g/mol. The quantitative estimate of drug-likeness (QED) is 0.145. The minimum atomic E-state index is 1.10. The number of hydrogen-bond donors (Lipinski definition) is 0. The van der Waals surface area contributed by atoms with Gasteiger partial charge in [0.25, 0.3) is 0 Å². The number of rotatable bonds is 9. The largest absolute Gasteiger partial charge is 0.307 e. The van der Waals surface area contributed by atoms with Gasteiger partial charge in [-0.25, -0.2) is 0 Å². The lowest BCUT2D eigenvalue weighted by Crippen LogP contribution is -1.99. The fraction of sp³-hybridized carbons (Fsp3) is 0. The lowest BCUT2D eigenvalue weighted by atomic mass is 9.89. The fourth-order valence-electron chi connectivity index (χ4n) is 11.2. The predicted octanol–water partition coefficient (Wildman–Crippen LogP) is 18.3. The van der Waals surface area contributed by atoms with Crippen molar-refractivity contribution in [1.29, 1.82) is 0 Å². The van der Waals surface area contributed by atoms with E-state index in [1.807, 2.05) is 36.9 Å². The van der Waals surface area contributed by atoms with Crippen molar-refractivity contribution in [3.05, 3.63) is 280 Å². The van der Waals surface area contributed by atoms with Gasteiger partial charge in [0.1, 0.15) is 0 Å². The summed E-state index contributed by atoms with van der Waals surface area (Å²) in [5, 5.41) is 4.82. The summed E-state index contributed by atoms with van der Waals surface area (Å²) in [6.45, 7) is 0. The molecule has 0 unspecified atom stereocenters. The van der Waals surface area contributed by atoms with E-state index in [1.54, 1.807) is 0 Å². The maximum atomic E-state index is 4.42. The molecule has 0 saturated heterocycles. The molecule has 0 spiro atoms. The van der Waals surface area contributed by atoms with Crippen LogP contribution in [-0.2, 0) is 0 Å². The van der Waals surface area contributed by atoms with Crippen molar-refractivity contribution < 1.29 is 0 Å². The van der Waals surface area contributed by atoms with Gasteiger partial charge in [-0.2, -0.15) is 0 Å². The summed E-state index contributed by atoms with van der Waals surface area (Å²) in [6, 6.07) is 93.0. The molecule has 14 aromatic rings. The van der Waals surface area contributed by atoms with Crippen molar-refractivity contribution >= 4 is 43.6 Å². The smallest absolute Gasteiger partial charge is 0.0795 e. The number of aromatic nitrogens is 4. The van der Waals surface area contributed by atoms with Gasteiger partial charge in [-0.3, -0.25) is 9.97 Å². The first-order chi connectivity index (χ1) is 36.7. The highest BCUT2D eigenvalue weighted by Gasteiger charge is 2.25. The zero-order valence-electron chi connectivity index (χ0n) is 40.3. The molecule has 14 rings (SSSR count). The van der Waals surface area contributed by atoms with Crippen LogP contribution in [0, 0.1) is 0 Å². The van der Waals surface area contributed by atoms with E-state index in [9.17, 15) is 0 Å². The topological polar surface area (TPSA) is 35.6 Å². The molecular formula is C70H46N4. The number of hydrogen-bond acceptors (Lipinski definition) is 2. The van der Waals surface area contributed by atoms with Crippen molar-refractivity contribution in [1.82, 2.24) is 19.1 Å². The number of para-hydroxylation sites is 4. The molecule has 4 nitrogen and oxygen atoms in total. The van der Waals surface area contributed by atoms with E-state index in [0.29, 0.717) is 0 Å². The molecule has 0 aliphatic carbocycles. The molecule has 0 bridgehead atoms. The summed E-state index contributed by atoms with van der Waals surface area (Å²) in [4.78, 5) is 8.83. The second kappa shape index (κ2) is 18.1. The molecule has 0 fully saturated rings. The molecule has 74 heavy (non-hydrogen) atoms.